The first kappa shape index (κ1) is 27.5. The summed E-state index contributed by atoms with van der Waals surface area (Å²) < 4.78 is 25.0. The second-order valence-electron chi connectivity index (χ2n) is 8.81. The largest absolute Gasteiger partial charge is 0.443 e. The molecule has 36 heavy (non-hydrogen) atoms. The molecule has 0 aliphatic carbocycles. The van der Waals surface area contributed by atoms with Gasteiger partial charge in [0.15, 0.2) is 6.17 Å². The van der Waals surface area contributed by atoms with E-state index in [2.05, 4.69) is 15.5 Å². The molecule has 2 heterocycles. The second-order valence-corrected chi connectivity index (χ2v) is 8.81. The van der Waals surface area contributed by atoms with Crippen LogP contribution in [-0.2, 0) is 27.2 Å². The lowest BCUT2D eigenvalue weighted by Gasteiger charge is -2.38. The Morgan fingerprint density at radius 1 is 1.19 bits per heavy atom. The molecular weight excluding hydrogens is 475 g/mol. The second kappa shape index (κ2) is 12.8. The molecule has 7 N–H and O–H groups in total. The highest BCUT2D eigenvalue weighted by Gasteiger charge is 2.46. The summed E-state index contributed by atoms with van der Waals surface area (Å²) in [5.74, 6) is -0.435. The molecule has 5 unspecified atom stereocenters. The molecule has 1 saturated heterocycles. The van der Waals surface area contributed by atoms with Crippen molar-refractivity contribution < 1.29 is 38.8 Å². The number of amides is 2. The van der Waals surface area contributed by atoms with Crippen LogP contribution < -0.4 is 15.8 Å². The summed E-state index contributed by atoms with van der Waals surface area (Å²) in [5.41, 5.74) is 8.49. The number of aromatic nitrogens is 2. The first-order chi connectivity index (χ1) is 17.2. The number of carbonyl (C=O) groups excluding carboxylic acids is 2. The van der Waals surface area contributed by atoms with Crippen LogP contribution in [0.2, 0.25) is 0 Å². The number of halogens is 1. The Morgan fingerprint density at radius 2 is 1.89 bits per heavy atom. The van der Waals surface area contributed by atoms with Gasteiger partial charge in [0, 0.05) is 37.1 Å². The molecular formula is C24H33FN4O7. The van der Waals surface area contributed by atoms with Gasteiger partial charge in [-0.25, -0.2) is 4.39 Å². The molecule has 0 radical (unpaired) electrons. The Bertz CT molecular complexity index is 1010. The number of nitrogens with zero attached hydrogens (tertiary/aromatic N) is 1. The maximum Gasteiger partial charge on any atom is 0.238 e. The number of aliphatic hydroxyl groups excluding tert-OH is 3. The number of H-pyrrole nitrogens is 1. The van der Waals surface area contributed by atoms with Gasteiger partial charge in [-0.3, -0.25) is 14.7 Å². The van der Waals surface area contributed by atoms with E-state index < -0.39 is 43.3 Å². The topological polar surface area (TPSA) is 180 Å². The summed E-state index contributed by atoms with van der Waals surface area (Å²) in [6.45, 7) is 1.37. The summed E-state index contributed by atoms with van der Waals surface area (Å²) >= 11 is 0. The third kappa shape index (κ3) is 7.23. The van der Waals surface area contributed by atoms with E-state index in [1.807, 2.05) is 24.3 Å². The molecule has 12 heteroatoms. The van der Waals surface area contributed by atoms with E-state index in [0.717, 1.165) is 16.8 Å². The molecule has 1 aromatic heterocycles. The zero-order chi connectivity index (χ0) is 26.2. The van der Waals surface area contributed by atoms with E-state index in [1.54, 1.807) is 6.92 Å². The van der Waals surface area contributed by atoms with E-state index in [9.17, 15) is 29.3 Å². The van der Waals surface area contributed by atoms with Crippen LogP contribution in [0.25, 0.3) is 0 Å². The van der Waals surface area contributed by atoms with E-state index in [4.69, 9.17) is 15.2 Å². The van der Waals surface area contributed by atoms with Gasteiger partial charge in [0.25, 0.3) is 0 Å². The van der Waals surface area contributed by atoms with Crippen LogP contribution >= 0.6 is 0 Å². The Morgan fingerprint density at radius 3 is 2.56 bits per heavy atom. The number of aromatic amines is 1. The van der Waals surface area contributed by atoms with Crippen molar-refractivity contribution in [3.05, 3.63) is 46.6 Å². The lowest BCUT2D eigenvalue weighted by molar-refractivity contribution is -0.265. The first-order valence-electron chi connectivity index (χ1n) is 11.8. The molecule has 0 saturated carbocycles. The quantitative estimate of drug-likeness (QED) is 0.228. The highest BCUT2D eigenvalue weighted by Crippen LogP contribution is 2.29. The van der Waals surface area contributed by atoms with E-state index >= 15 is 0 Å². The summed E-state index contributed by atoms with van der Waals surface area (Å²) in [5, 5.41) is 38.9. The minimum absolute atomic E-state index is 0.119. The molecule has 3 rings (SSSR count). The van der Waals surface area contributed by atoms with Crippen molar-refractivity contribution in [2.24, 2.45) is 5.73 Å². The molecule has 2 aromatic rings. The van der Waals surface area contributed by atoms with Gasteiger partial charge in [-0.05, 0) is 30.9 Å². The molecule has 11 nitrogen and oxygen atoms in total. The number of hydrogen-bond donors (Lipinski definition) is 6. The van der Waals surface area contributed by atoms with Crippen molar-refractivity contribution in [2.75, 3.05) is 13.2 Å². The van der Waals surface area contributed by atoms with Crippen molar-refractivity contribution in [1.29, 1.82) is 0 Å². The van der Waals surface area contributed by atoms with Gasteiger partial charge in [-0.2, -0.15) is 0 Å². The fourth-order valence-corrected chi connectivity index (χ4v) is 3.88. The maximum absolute atomic E-state index is 14.0. The zero-order valence-corrected chi connectivity index (χ0v) is 20.0. The Hall–Kier alpha value is -3.06. The standard InChI is InChI=1S/C24H33FN4O7/c1-13-16(23(29-28-13)36-24-22(34)21(33)20(25)17(12-30)35-24)11-15-7-5-14(6-8-15)3-2-4-19(32)27-10-9-18(26)31/h5-8,17,20-22,24,30,33-34H,2-4,9-12H2,1H3,(H2,26,31)(H,27,32)(H,28,29). The van der Waals surface area contributed by atoms with Crippen molar-refractivity contribution >= 4 is 11.8 Å². The van der Waals surface area contributed by atoms with E-state index in [0.29, 0.717) is 31.2 Å². The molecule has 1 fully saturated rings. The average molecular weight is 509 g/mol. The molecule has 198 valence electrons. The molecule has 1 aliphatic heterocycles. The molecule has 5 atom stereocenters. The smallest absolute Gasteiger partial charge is 0.238 e. The predicted octanol–water partition coefficient (Wildman–Crippen LogP) is -0.221. The third-order valence-corrected chi connectivity index (χ3v) is 6.03. The minimum atomic E-state index is -1.94. The number of aliphatic hydroxyl groups is 3. The number of primary amides is 1. The summed E-state index contributed by atoms with van der Waals surface area (Å²) in [6.07, 6.45) is -5.82. The van der Waals surface area contributed by atoms with Gasteiger partial charge in [0.2, 0.25) is 24.0 Å². The number of nitrogens with two attached hydrogens (primary N) is 1. The molecule has 1 aromatic carbocycles. The van der Waals surface area contributed by atoms with Crippen LogP contribution in [0.15, 0.2) is 24.3 Å². The lowest BCUT2D eigenvalue weighted by atomic mass is 10.0. The summed E-state index contributed by atoms with van der Waals surface area (Å²) in [4.78, 5) is 22.5. The van der Waals surface area contributed by atoms with Crippen LogP contribution in [-0.4, -0.2) is 81.3 Å². The summed E-state index contributed by atoms with van der Waals surface area (Å²) in [7, 11) is 0. The Kier molecular flexibility index (Phi) is 9.76. The Balaban J connectivity index is 1.55. The minimum Gasteiger partial charge on any atom is -0.443 e. The van der Waals surface area contributed by atoms with Crippen LogP contribution in [0.4, 0.5) is 4.39 Å². The fraction of sp³-hybridized carbons (Fsp3) is 0.542. The van der Waals surface area contributed by atoms with Crippen molar-refractivity contribution in [3.8, 4) is 5.88 Å². The number of rotatable bonds is 12. The van der Waals surface area contributed by atoms with Gasteiger partial charge in [-0.1, -0.05) is 24.3 Å². The van der Waals surface area contributed by atoms with Crippen molar-refractivity contribution in [2.45, 2.75) is 69.8 Å². The number of benzene rings is 1. The highest BCUT2D eigenvalue weighted by atomic mass is 19.1. The number of aryl methyl sites for hydroxylation is 2. The maximum atomic E-state index is 14.0. The van der Waals surface area contributed by atoms with Gasteiger partial charge < -0.3 is 35.8 Å². The van der Waals surface area contributed by atoms with Crippen LogP contribution in [0.5, 0.6) is 5.88 Å². The average Bonchev–Trinajstić information content (AvgIpc) is 3.19. The van der Waals surface area contributed by atoms with Crippen molar-refractivity contribution in [1.82, 2.24) is 15.5 Å². The SMILES string of the molecule is Cc1[nH]nc(OC2OC(CO)C(F)C(O)C2O)c1Cc1ccc(CCCC(=O)NCCC(N)=O)cc1. The first-order valence-corrected chi connectivity index (χ1v) is 11.8. The van der Waals surface area contributed by atoms with Crippen LogP contribution in [0.1, 0.15) is 41.6 Å². The highest BCUT2D eigenvalue weighted by molar-refractivity contribution is 5.78. The predicted molar refractivity (Wildman–Crippen MR) is 126 cm³/mol. The number of hydrogen-bond acceptors (Lipinski definition) is 8. The molecule has 0 spiro atoms. The molecule has 0 bridgehead atoms. The molecule has 1 aliphatic rings. The third-order valence-electron chi connectivity index (χ3n) is 6.03. The summed E-state index contributed by atoms with van der Waals surface area (Å²) in [6, 6.07) is 7.83. The van der Waals surface area contributed by atoms with Crippen LogP contribution in [0.3, 0.4) is 0 Å². The van der Waals surface area contributed by atoms with E-state index in [1.165, 1.54) is 0 Å². The van der Waals surface area contributed by atoms with Crippen molar-refractivity contribution in [3.63, 3.8) is 0 Å². The number of nitrogens with one attached hydrogen (secondary N) is 2. The fourth-order valence-electron chi connectivity index (χ4n) is 3.88. The Labute approximate surface area is 207 Å². The zero-order valence-electron chi connectivity index (χ0n) is 20.0. The van der Waals surface area contributed by atoms with Gasteiger partial charge in [-0.15, -0.1) is 5.10 Å². The number of carbonyl (C=O) groups is 2. The molecule has 2 amide bonds. The van der Waals surface area contributed by atoms with Gasteiger partial charge >= 0.3 is 0 Å². The number of alkyl halides is 1. The van der Waals surface area contributed by atoms with Gasteiger partial charge in [0.05, 0.1) is 6.61 Å². The monoisotopic (exact) mass is 508 g/mol. The van der Waals surface area contributed by atoms with E-state index in [-0.39, 0.29) is 24.8 Å². The lowest BCUT2D eigenvalue weighted by Crippen LogP contribution is -2.58. The number of ether oxygens (including phenoxy) is 2. The normalized spacial score (nSPS) is 23.9. The van der Waals surface area contributed by atoms with Crippen LogP contribution in [0, 0.1) is 6.92 Å². The van der Waals surface area contributed by atoms with Gasteiger partial charge in [0.1, 0.15) is 18.3 Å².